The molecular formula is C16H22N4S. The van der Waals surface area contributed by atoms with Gasteiger partial charge in [-0.1, -0.05) is 25.1 Å². The SMILES string of the molecule is CCC(CSC)N(C)c1c(C(=N)N)cnc2ccccc12. The van der Waals surface area contributed by atoms with E-state index in [4.69, 9.17) is 11.1 Å². The van der Waals surface area contributed by atoms with Crippen LogP contribution in [0.2, 0.25) is 0 Å². The topological polar surface area (TPSA) is 66.0 Å². The Bertz CT molecular complexity index is 641. The third kappa shape index (κ3) is 3.13. The number of hydrogen-bond donors (Lipinski definition) is 2. The molecule has 0 bridgehead atoms. The Morgan fingerprint density at radius 2 is 2.14 bits per heavy atom. The molecule has 0 saturated carbocycles. The monoisotopic (exact) mass is 302 g/mol. The van der Waals surface area contributed by atoms with Crippen LogP contribution in [0.1, 0.15) is 18.9 Å². The number of aromatic nitrogens is 1. The number of thioether (sulfide) groups is 1. The lowest BCUT2D eigenvalue weighted by Crippen LogP contribution is -2.35. The highest BCUT2D eigenvalue weighted by atomic mass is 32.2. The number of anilines is 1. The highest BCUT2D eigenvalue weighted by molar-refractivity contribution is 7.98. The van der Waals surface area contributed by atoms with Gasteiger partial charge in [-0.25, -0.2) is 0 Å². The first kappa shape index (κ1) is 15.6. The number of nitrogen functional groups attached to an aromatic ring is 1. The van der Waals surface area contributed by atoms with Gasteiger partial charge in [-0.15, -0.1) is 0 Å². The highest BCUT2D eigenvalue weighted by Gasteiger charge is 2.20. The Balaban J connectivity index is 2.63. The zero-order valence-corrected chi connectivity index (χ0v) is 13.6. The van der Waals surface area contributed by atoms with E-state index in [0.29, 0.717) is 11.6 Å². The van der Waals surface area contributed by atoms with Crippen molar-refractivity contribution in [1.29, 1.82) is 5.41 Å². The van der Waals surface area contributed by atoms with Gasteiger partial charge in [-0.05, 0) is 18.7 Å². The van der Waals surface area contributed by atoms with E-state index in [1.165, 1.54) is 0 Å². The fourth-order valence-corrected chi connectivity index (χ4v) is 3.43. The van der Waals surface area contributed by atoms with Crippen molar-refractivity contribution in [2.24, 2.45) is 5.73 Å². The molecule has 4 nitrogen and oxygen atoms in total. The summed E-state index contributed by atoms with van der Waals surface area (Å²) in [5, 5.41) is 8.90. The number of hydrogen-bond acceptors (Lipinski definition) is 4. The van der Waals surface area contributed by atoms with Gasteiger partial charge in [0.15, 0.2) is 0 Å². The number of amidine groups is 1. The smallest absolute Gasteiger partial charge is 0.126 e. The van der Waals surface area contributed by atoms with Gasteiger partial charge in [0.05, 0.1) is 16.8 Å². The summed E-state index contributed by atoms with van der Waals surface area (Å²) in [6, 6.07) is 8.43. The number of rotatable bonds is 6. The van der Waals surface area contributed by atoms with Crippen LogP contribution >= 0.6 is 11.8 Å². The molecule has 3 N–H and O–H groups in total. The number of fused-ring (bicyclic) bond motifs is 1. The zero-order chi connectivity index (χ0) is 15.4. The van der Waals surface area contributed by atoms with Crippen LogP contribution in [-0.4, -0.2) is 35.9 Å². The lowest BCUT2D eigenvalue weighted by molar-refractivity contribution is 0.674. The number of nitrogens with zero attached hydrogens (tertiary/aromatic N) is 2. The molecule has 1 unspecified atom stereocenters. The number of nitrogens with two attached hydrogens (primary N) is 1. The van der Waals surface area contributed by atoms with E-state index in [1.54, 1.807) is 6.20 Å². The van der Waals surface area contributed by atoms with E-state index in [0.717, 1.165) is 28.8 Å². The van der Waals surface area contributed by atoms with Gasteiger partial charge in [0.25, 0.3) is 0 Å². The second kappa shape index (κ2) is 6.80. The number of pyridine rings is 1. The van der Waals surface area contributed by atoms with E-state index < -0.39 is 0 Å². The van der Waals surface area contributed by atoms with Crippen molar-refractivity contribution in [3.8, 4) is 0 Å². The summed E-state index contributed by atoms with van der Waals surface area (Å²) in [7, 11) is 2.08. The molecule has 0 fully saturated rings. The van der Waals surface area contributed by atoms with Crippen molar-refractivity contribution in [3.05, 3.63) is 36.0 Å². The summed E-state index contributed by atoms with van der Waals surface area (Å²) in [6.07, 6.45) is 4.88. The first-order chi connectivity index (χ1) is 10.1. The van der Waals surface area contributed by atoms with E-state index >= 15 is 0 Å². The lowest BCUT2D eigenvalue weighted by Gasteiger charge is -2.31. The second-order valence-electron chi connectivity index (χ2n) is 5.08. The van der Waals surface area contributed by atoms with E-state index in [9.17, 15) is 0 Å². The first-order valence-electron chi connectivity index (χ1n) is 7.04. The summed E-state index contributed by atoms with van der Waals surface area (Å²) in [6.45, 7) is 2.19. The molecule has 2 rings (SSSR count). The third-order valence-electron chi connectivity index (χ3n) is 3.77. The third-order valence-corrected chi connectivity index (χ3v) is 4.49. The van der Waals surface area contributed by atoms with Crippen LogP contribution in [0, 0.1) is 5.41 Å². The molecule has 1 aromatic heterocycles. The summed E-state index contributed by atoms with van der Waals surface area (Å²) in [5.41, 5.74) is 8.42. The molecule has 1 heterocycles. The van der Waals surface area contributed by atoms with Crippen LogP contribution in [0.15, 0.2) is 30.5 Å². The van der Waals surface area contributed by atoms with Crippen LogP contribution in [0.4, 0.5) is 5.69 Å². The highest BCUT2D eigenvalue weighted by Crippen LogP contribution is 2.31. The maximum atomic E-state index is 7.85. The average Bonchev–Trinajstić information content (AvgIpc) is 2.50. The van der Waals surface area contributed by atoms with Gasteiger partial charge in [-0.2, -0.15) is 11.8 Å². The molecule has 5 heteroatoms. The van der Waals surface area contributed by atoms with Crippen LogP contribution in [0.5, 0.6) is 0 Å². The minimum absolute atomic E-state index is 0.0640. The Hall–Kier alpha value is -1.75. The molecule has 0 saturated heterocycles. The van der Waals surface area contributed by atoms with Crippen molar-refractivity contribution in [2.45, 2.75) is 19.4 Å². The van der Waals surface area contributed by atoms with Crippen molar-refractivity contribution in [1.82, 2.24) is 4.98 Å². The molecule has 112 valence electrons. The van der Waals surface area contributed by atoms with Crippen molar-refractivity contribution in [2.75, 3.05) is 24.0 Å². The van der Waals surface area contributed by atoms with Crippen LogP contribution < -0.4 is 10.6 Å². The van der Waals surface area contributed by atoms with E-state index in [-0.39, 0.29) is 5.84 Å². The van der Waals surface area contributed by atoms with Gasteiger partial charge in [0.2, 0.25) is 0 Å². The molecule has 1 atom stereocenters. The maximum absolute atomic E-state index is 7.85. The standard InChI is InChI=1S/C16H22N4S/c1-4-11(10-21-3)20(2)15-12-7-5-6-8-14(12)19-9-13(15)16(17)18/h5-9,11H,4,10H2,1-3H3,(H3,17,18). The zero-order valence-electron chi connectivity index (χ0n) is 12.8. The second-order valence-corrected chi connectivity index (χ2v) is 5.99. The van der Waals surface area contributed by atoms with Gasteiger partial charge >= 0.3 is 0 Å². The molecule has 0 aliphatic heterocycles. The molecule has 21 heavy (non-hydrogen) atoms. The molecule has 0 amide bonds. The predicted molar refractivity (Wildman–Crippen MR) is 93.6 cm³/mol. The molecule has 1 aromatic carbocycles. The Labute approximate surface area is 130 Å². The van der Waals surface area contributed by atoms with E-state index in [1.807, 2.05) is 36.0 Å². The Morgan fingerprint density at radius 1 is 1.43 bits per heavy atom. The summed E-state index contributed by atoms with van der Waals surface area (Å²) < 4.78 is 0. The largest absolute Gasteiger partial charge is 0.384 e. The van der Waals surface area contributed by atoms with E-state index in [2.05, 4.69) is 30.1 Å². The maximum Gasteiger partial charge on any atom is 0.126 e. The normalized spacial score (nSPS) is 12.3. The van der Waals surface area contributed by atoms with Gasteiger partial charge in [0, 0.05) is 30.4 Å². The van der Waals surface area contributed by atoms with Gasteiger partial charge < -0.3 is 10.6 Å². The molecule has 0 aliphatic rings. The molecular weight excluding hydrogens is 280 g/mol. The fraction of sp³-hybridized carbons (Fsp3) is 0.375. The summed E-state index contributed by atoms with van der Waals surface area (Å²) >= 11 is 1.83. The minimum atomic E-state index is 0.0640. The van der Waals surface area contributed by atoms with Gasteiger partial charge in [0.1, 0.15) is 5.84 Å². The van der Waals surface area contributed by atoms with Crippen LogP contribution in [-0.2, 0) is 0 Å². The Kier molecular flexibility index (Phi) is 5.07. The predicted octanol–water partition coefficient (Wildman–Crippen LogP) is 3.10. The Morgan fingerprint density at radius 3 is 2.76 bits per heavy atom. The summed E-state index contributed by atoms with van der Waals surface area (Å²) in [4.78, 5) is 6.67. The van der Waals surface area contributed by atoms with Gasteiger partial charge in [-0.3, -0.25) is 10.4 Å². The van der Waals surface area contributed by atoms with Crippen molar-refractivity contribution >= 4 is 34.2 Å². The number of nitrogens with one attached hydrogen (secondary N) is 1. The molecule has 2 aromatic rings. The number of benzene rings is 1. The first-order valence-corrected chi connectivity index (χ1v) is 8.43. The lowest BCUT2D eigenvalue weighted by atomic mass is 10.1. The quantitative estimate of drug-likeness (QED) is 0.635. The summed E-state index contributed by atoms with van der Waals surface area (Å²) in [5.74, 6) is 1.11. The van der Waals surface area contributed by atoms with Crippen LogP contribution in [0.25, 0.3) is 10.9 Å². The fourth-order valence-electron chi connectivity index (χ4n) is 2.58. The minimum Gasteiger partial charge on any atom is -0.384 e. The average molecular weight is 302 g/mol. The van der Waals surface area contributed by atoms with Crippen molar-refractivity contribution in [3.63, 3.8) is 0 Å². The number of para-hydroxylation sites is 1. The molecule has 0 spiro atoms. The molecule has 0 aliphatic carbocycles. The van der Waals surface area contributed by atoms with Crippen molar-refractivity contribution < 1.29 is 0 Å². The van der Waals surface area contributed by atoms with Crippen LogP contribution in [0.3, 0.4) is 0 Å². The molecule has 0 radical (unpaired) electrons.